The highest BCUT2D eigenvalue weighted by atomic mass is 32.2. The monoisotopic (exact) mass is 595 g/mol. The molecule has 3 amide bonds. The van der Waals surface area contributed by atoms with E-state index >= 15 is 0 Å². The van der Waals surface area contributed by atoms with Crippen LogP contribution in [0.2, 0.25) is 0 Å². The van der Waals surface area contributed by atoms with Gasteiger partial charge in [-0.15, -0.1) is 11.8 Å². The van der Waals surface area contributed by atoms with Crippen LogP contribution in [-0.2, 0) is 27.3 Å². The topological polar surface area (TPSA) is 117 Å². The van der Waals surface area contributed by atoms with E-state index in [9.17, 15) is 27.6 Å². The average molecular weight is 596 g/mol. The SMILES string of the molecule is CCNC(=O)C(Nc1ccc(CNC(C)=O)cc1)C(C)C.NC(CC(=O)N1CCSC1)Cc1cc(F)c(F)cc1F. The molecule has 5 N–H and O–H groups in total. The van der Waals surface area contributed by atoms with E-state index in [1.807, 2.05) is 45.0 Å². The molecule has 1 fully saturated rings. The summed E-state index contributed by atoms with van der Waals surface area (Å²) in [4.78, 5) is 36.4. The Labute approximate surface area is 244 Å². The number of nitrogens with one attached hydrogen (secondary N) is 3. The van der Waals surface area contributed by atoms with Gasteiger partial charge < -0.3 is 26.6 Å². The number of likely N-dealkylation sites (N-methyl/N-ethyl adjacent to an activating group) is 1. The molecule has 41 heavy (non-hydrogen) atoms. The smallest absolute Gasteiger partial charge is 0.242 e. The molecule has 2 atom stereocenters. The number of benzene rings is 2. The molecule has 3 rings (SSSR count). The molecular formula is C29H40F3N5O3S. The molecule has 2 unspecified atom stereocenters. The van der Waals surface area contributed by atoms with Gasteiger partial charge in [0.1, 0.15) is 11.9 Å². The van der Waals surface area contributed by atoms with Crippen molar-refractivity contribution in [3.05, 3.63) is 65.0 Å². The number of nitrogens with zero attached hydrogens (tertiary/aromatic N) is 1. The van der Waals surface area contributed by atoms with Crippen molar-refractivity contribution >= 4 is 35.2 Å². The van der Waals surface area contributed by atoms with Crippen LogP contribution in [0.1, 0.15) is 45.2 Å². The molecule has 2 aromatic rings. The zero-order valence-electron chi connectivity index (χ0n) is 23.9. The number of hydrogen-bond donors (Lipinski definition) is 4. The third kappa shape index (κ3) is 11.6. The van der Waals surface area contributed by atoms with Crippen molar-refractivity contribution in [2.24, 2.45) is 11.7 Å². The van der Waals surface area contributed by atoms with Gasteiger partial charge in [-0.1, -0.05) is 26.0 Å². The molecule has 8 nitrogen and oxygen atoms in total. The minimum absolute atomic E-state index is 0.00421. The predicted molar refractivity (Wildman–Crippen MR) is 157 cm³/mol. The Bertz CT molecular complexity index is 1160. The van der Waals surface area contributed by atoms with Crippen molar-refractivity contribution in [1.29, 1.82) is 0 Å². The number of amides is 3. The van der Waals surface area contributed by atoms with Gasteiger partial charge in [-0.05, 0) is 48.6 Å². The van der Waals surface area contributed by atoms with Crippen LogP contribution in [0.3, 0.4) is 0 Å². The summed E-state index contributed by atoms with van der Waals surface area (Å²) in [5.74, 6) is -1.59. The first-order chi connectivity index (χ1) is 19.4. The second kappa shape index (κ2) is 16.9. The van der Waals surface area contributed by atoms with Gasteiger partial charge in [-0.2, -0.15) is 0 Å². The Kier molecular flexibility index (Phi) is 14.0. The highest BCUT2D eigenvalue weighted by molar-refractivity contribution is 7.99. The maximum atomic E-state index is 13.5. The third-order valence-corrected chi connectivity index (χ3v) is 7.20. The van der Waals surface area contributed by atoms with Crippen LogP contribution >= 0.6 is 11.8 Å². The van der Waals surface area contributed by atoms with Crippen molar-refractivity contribution in [1.82, 2.24) is 15.5 Å². The Morgan fingerprint density at radius 3 is 2.24 bits per heavy atom. The van der Waals surface area contributed by atoms with Crippen molar-refractivity contribution < 1.29 is 27.6 Å². The van der Waals surface area contributed by atoms with Crippen LogP contribution in [0.5, 0.6) is 0 Å². The lowest BCUT2D eigenvalue weighted by molar-refractivity contribution is -0.130. The van der Waals surface area contributed by atoms with Gasteiger partial charge in [0.2, 0.25) is 17.7 Å². The number of anilines is 1. The van der Waals surface area contributed by atoms with E-state index in [2.05, 4.69) is 16.0 Å². The lowest BCUT2D eigenvalue weighted by atomic mass is 10.0. The molecular weight excluding hydrogens is 555 g/mol. The van der Waals surface area contributed by atoms with Crippen LogP contribution in [0.25, 0.3) is 0 Å². The predicted octanol–water partition coefficient (Wildman–Crippen LogP) is 3.79. The summed E-state index contributed by atoms with van der Waals surface area (Å²) in [5, 5.41) is 8.85. The first-order valence-corrected chi connectivity index (χ1v) is 14.7. The lowest BCUT2D eigenvalue weighted by Crippen LogP contribution is -2.42. The lowest BCUT2D eigenvalue weighted by Gasteiger charge is -2.22. The summed E-state index contributed by atoms with van der Waals surface area (Å²) in [7, 11) is 0. The van der Waals surface area contributed by atoms with Gasteiger partial charge in [0.15, 0.2) is 11.6 Å². The summed E-state index contributed by atoms with van der Waals surface area (Å²) >= 11 is 1.66. The Morgan fingerprint density at radius 1 is 1.02 bits per heavy atom. The van der Waals surface area contributed by atoms with Gasteiger partial charge in [-0.3, -0.25) is 14.4 Å². The molecule has 0 radical (unpaired) electrons. The number of hydrogen-bond acceptors (Lipinski definition) is 6. The second-order valence-electron chi connectivity index (χ2n) is 10.1. The average Bonchev–Trinajstić information content (AvgIpc) is 3.45. The highest BCUT2D eigenvalue weighted by Crippen LogP contribution is 2.18. The molecule has 0 aromatic heterocycles. The standard InChI is InChI=1S/C16H25N3O2.C13H15F3N2OS/c1-5-17-16(21)15(11(2)3)19-14-8-6-13(7-9-14)10-18-12(4)20;14-10-6-12(16)11(15)4-8(10)3-9(17)5-13(19)18-1-2-20-7-18/h6-9,11,15,19H,5,10H2,1-4H3,(H,17,21)(H,18,20);4,6,9H,1-3,5,7,17H2. The van der Waals surface area contributed by atoms with Crippen molar-refractivity contribution in [2.45, 2.75) is 59.2 Å². The molecule has 1 aliphatic rings. The molecule has 1 aliphatic heterocycles. The van der Waals surface area contributed by atoms with Crippen molar-refractivity contribution in [3.63, 3.8) is 0 Å². The maximum Gasteiger partial charge on any atom is 0.242 e. The number of carbonyl (C=O) groups is 3. The van der Waals surface area contributed by atoms with Gasteiger partial charge in [0.25, 0.3) is 0 Å². The van der Waals surface area contributed by atoms with E-state index in [4.69, 9.17) is 5.73 Å². The normalized spacial score (nSPS) is 14.1. The molecule has 226 valence electrons. The van der Waals surface area contributed by atoms with Crippen LogP contribution < -0.4 is 21.7 Å². The fourth-order valence-corrected chi connectivity index (χ4v) is 4.96. The molecule has 0 spiro atoms. The minimum Gasteiger partial charge on any atom is -0.373 e. The number of nitrogens with two attached hydrogens (primary N) is 1. The Hall–Kier alpha value is -3.25. The molecule has 2 aromatic carbocycles. The summed E-state index contributed by atoms with van der Waals surface area (Å²) < 4.78 is 39.3. The summed E-state index contributed by atoms with van der Waals surface area (Å²) in [5.41, 5.74) is 7.70. The van der Waals surface area contributed by atoms with Gasteiger partial charge >= 0.3 is 0 Å². The third-order valence-electron chi connectivity index (χ3n) is 6.23. The first kappa shape index (κ1) is 34.0. The van der Waals surface area contributed by atoms with Crippen LogP contribution in [0, 0.1) is 23.4 Å². The van der Waals surface area contributed by atoms with Gasteiger partial charge in [0, 0.05) is 56.5 Å². The molecule has 1 heterocycles. The van der Waals surface area contributed by atoms with Crippen molar-refractivity contribution in [2.75, 3.05) is 30.0 Å². The van der Waals surface area contributed by atoms with Crippen LogP contribution in [-0.4, -0.2) is 59.4 Å². The summed E-state index contributed by atoms with van der Waals surface area (Å²) in [6.07, 6.45) is 0.0642. The summed E-state index contributed by atoms with van der Waals surface area (Å²) in [6.45, 7) is 9.26. The van der Waals surface area contributed by atoms with Crippen LogP contribution in [0.15, 0.2) is 36.4 Å². The quantitative estimate of drug-likeness (QED) is 0.294. The van der Waals surface area contributed by atoms with Gasteiger partial charge in [-0.25, -0.2) is 13.2 Å². The number of carbonyl (C=O) groups excluding carboxylic acids is 3. The fourth-order valence-electron chi connectivity index (χ4n) is 3.98. The molecule has 1 saturated heterocycles. The van der Waals surface area contributed by atoms with E-state index in [0.717, 1.165) is 23.1 Å². The highest BCUT2D eigenvalue weighted by Gasteiger charge is 2.22. The summed E-state index contributed by atoms with van der Waals surface area (Å²) in [6, 6.07) is 8.13. The second-order valence-corrected chi connectivity index (χ2v) is 11.2. The number of thioether (sulfide) groups is 1. The number of halogens is 3. The van der Waals surface area contributed by atoms with E-state index in [-0.39, 0.29) is 48.1 Å². The maximum absolute atomic E-state index is 13.5. The van der Waals surface area contributed by atoms with E-state index < -0.39 is 23.5 Å². The molecule has 0 aliphatic carbocycles. The number of rotatable bonds is 11. The fraction of sp³-hybridized carbons (Fsp3) is 0.483. The van der Waals surface area contributed by atoms with E-state index in [1.165, 1.54) is 6.92 Å². The molecule has 12 heteroatoms. The zero-order chi connectivity index (χ0) is 30.5. The first-order valence-electron chi connectivity index (χ1n) is 13.5. The molecule has 0 saturated carbocycles. The minimum atomic E-state index is -1.23. The van der Waals surface area contributed by atoms with E-state index in [0.29, 0.717) is 31.6 Å². The van der Waals surface area contributed by atoms with Gasteiger partial charge in [0.05, 0.1) is 5.88 Å². The van der Waals surface area contributed by atoms with E-state index in [1.54, 1.807) is 16.7 Å². The van der Waals surface area contributed by atoms with Crippen molar-refractivity contribution in [3.8, 4) is 0 Å². The Balaban J connectivity index is 0.000000287. The van der Waals surface area contributed by atoms with Crippen LogP contribution in [0.4, 0.5) is 18.9 Å². The Morgan fingerprint density at radius 2 is 1.68 bits per heavy atom. The molecule has 0 bridgehead atoms. The zero-order valence-corrected chi connectivity index (χ0v) is 24.8. The largest absolute Gasteiger partial charge is 0.373 e.